The fourth-order valence-corrected chi connectivity index (χ4v) is 2.38. The van der Waals surface area contributed by atoms with Crippen LogP contribution in [0, 0.1) is 3.57 Å². The van der Waals surface area contributed by atoms with E-state index in [1.807, 2.05) is 28.8 Å². The molecule has 1 atom stereocenters. The van der Waals surface area contributed by atoms with Gasteiger partial charge < -0.3 is 16.2 Å². The van der Waals surface area contributed by atoms with E-state index in [1.165, 1.54) is 6.07 Å². The first-order chi connectivity index (χ1) is 8.95. The number of carboxylic acid groups (broad SMARTS) is 1. The van der Waals surface area contributed by atoms with Crippen molar-refractivity contribution < 1.29 is 14.7 Å². The Labute approximate surface area is 129 Å². The van der Waals surface area contributed by atoms with Crippen molar-refractivity contribution in [3.8, 4) is 0 Å². The van der Waals surface area contributed by atoms with E-state index in [1.54, 1.807) is 23.9 Å². The highest BCUT2D eigenvalue weighted by atomic mass is 127. The molecule has 104 valence electrons. The van der Waals surface area contributed by atoms with Crippen LogP contribution in [0.3, 0.4) is 0 Å². The van der Waals surface area contributed by atoms with E-state index in [0.29, 0.717) is 6.42 Å². The number of thioether (sulfide) groups is 1. The summed E-state index contributed by atoms with van der Waals surface area (Å²) >= 11 is 3.63. The number of carbonyl (C=O) groups excluding carboxylic acids is 1. The molecule has 7 heteroatoms. The summed E-state index contributed by atoms with van der Waals surface area (Å²) in [4.78, 5) is 22.9. The van der Waals surface area contributed by atoms with Gasteiger partial charge in [0.15, 0.2) is 0 Å². The molecule has 0 unspecified atom stereocenters. The summed E-state index contributed by atoms with van der Waals surface area (Å²) in [5, 5.41) is 11.7. The molecule has 0 saturated heterocycles. The monoisotopic (exact) mass is 394 g/mol. The van der Waals surface area contributed by atoms with E-state index in [0.717, 1.165) is 9.32 Å². The predicted octanol–water partition coefficient (Wildman–Crippen LogP) is 2.01. The standard InChI is InChI=1S/C12H15IN2O3S/c1-19-5-4-9(14)11(16)15-10-3-2-7(13)6-8(10)12(17)18/h2-3,6,9H,4-5,14H2,1H3,(H,15,16)(H,17,18)/t9-/m1/s1. The number of nitrogens with one attached hydrogen (secondary N) is 1. The smallest absolute Gasteiger partial charge is 0.337 e. The van der Waals surface area contributed by atoms with Crippen LogP contribution in [0.1, 0.15) is 16.8 Å². The van der Waals surface area contributed by atoms with Crippen LogP contribution in [-0.4, -0.2) is 35.0 Å². The van der Waals surface area contributed by atoms with Crippen LogP contribution in [0.2, 0.25) is 0 Å². The van der Waals surface area contributed by atoms with Gasteiger partial charge in [0.05, 0.1) is 17.3 Å². The van der Waals surface area contributed by atoms with E-state index >= 15 is 0 Å². The van der Waals surface area contributed by atoms with Gasteiger partial charge >= 0.3 is 5.97 Å². The quantitative estimate of drug-likeness (QED) is 0.642. The molecule has 0 fully saturated rings. The molecule has 4 N–H and O–H groups in total. The summed E-state index contributed by atoms with van der Waals surface area (Å²) in [6.07, 6.45) is 2.49. The number of amides is 1. The zero-order chi connectivity index (χ0) is 14.4. The summed E-state index contributed by atoms with van der Waals surface area (Å²) in [7, 11) is 0. The van der Waals surface area contributed by atoms with E-state index in [9.17, 15) is 9.59 Å². The van der Waals surface area contributed by atoms with E-state index in [-0.39, 0.29) is 17.2 Å². The topological polar surface area (TPSA) is 92.4 Å². The zero-order valence-corrected chi connectivity index (χ0v) is 13.3. The van der Waals surface area contributed by atoms with Gasteiger partial charge in [0.25, 0.3) is 0 Å². The van der Waals surface area contributed by atoms with Crippen molar-refractivity contribution in [1.82, 2.24) is 0 Å². The molecule has 0 radical (unpaired) electrons. The highest BCUT2D eigenvalue weighted by Gasteiger charge is 2.17. The van der Waals surface area contributed by atoms with Gasteiger partial charge in [-0.25, -0.2) is 4.79 Å². The number of hydrogen-bond donors (Lipinski definition) is 3. The molecule has 0 bridgehead atoms. The first-order valence-electron chi connectivity index (χ1n) is 5.54. The Balaban J connectivity index is 2.81. The van der Waals surface area contributed by atoms with Crippen LogP contribution >= 0.6 is 34.4 Å². The summed E-state index contributed by atoms with van der Waals surface area (Å²) in [5.74, 6) is -0.656. The SMILES string of the molecule is CSCC[C@@H](N)C(=O)Nc1ccc(I)cc1C(=O)O. The molecule has 1 aromatic rings. The number of aromatic carboxylic acids is 1. The van der Waals surface area contributed by atoms with Gasteiger partial charge in [0.2, 0.25) is 5.91 Å². The number of rotatable bonds is 6. The van der Waals surface area contributed by atoms with Gasteiger partial charge in [0.1, 0.15) is 0 Å². The fraction of sp³-hybridized carbons (Fsp3) is 0.333. The molecule has 0 aliphatic carbocycles. The summed E-state index contributed by atoms with van der Waals surface area (Å²) in [6, 6.07) is 4.18. The minimum Gasteiger partial charge on any atom is -0.478 e. The maximum Gasteiger partial charge on any atom is 0.337 e. The zero-order valence-electron chi connectivity index (χ0n) is 10.4. The molecule has 0 heterocycles. The van der Waals surface area contributed by atoms with E-state index < -0.39 is 12.0 Å². The predicted molar refractivity (Wildman–Crippen MR) is 85.7 cm³/mol. The number of benzene rings is 1. The minimum atomic E-state index is -1.08. The number of anilines is 1. The second kappa shape index (κ2) is 7.71. The lowest BCUT2D eigenvalue weighted by molar-refractivity contribution is -0.117. The first kappa shape index (κ1) is 16.3. The maximum atomic E-state index is 11.8. The average Bonchev–Trinajstić information content (AvgIpc) is 2.37. The van der Waals surface area contributed by atoms with Gasteiger partial charge in [0, 0.05) is 3.57 Å². The lowest BCUT2D eigenvalue weighted by Crippen LogP contribution is -2.36. The molecule has 0 aliphatic heterocycles. The fourth-order valence-electron chi connectivity index (χ4n) is 1.40. The van der Waals surface area contributed by atoms with Crippen LogP contribution in [0.25, 0.3) is 0 Å². The highest BCUT2D eigenvalue weighted by Crippen LogP contribution is 2.19. The van der Waals surface area contributed by atoms with Gasteiger partial charge in [-0.1, -0.05) is 0 Å². The van der Waals surface area contributed by atoms with Crippen molar-refractivity contribution in [3.05, 3.63) is 27.3 Å². The number of carbonyl (C=O) groups is 2. The molecule has 0 aromatic heterocycles. The van der Waals surface area contributed by atoms with Crippen molar-refractivity contribution in [2.24, 2.45) is 5.73 Å². The Kier molecular flexibility index (Phi) is 6.59. The molecular weight excluding hydrogens is 379 g/mol. The third kappa shape index (κ3) is 5.00. The van der Waals surface area contributed by atoms with Crippen molar-refractivity contribution in [1.29, 1.82) is 0 Å². The minimum absolute atomic E-state index is 0.0670. The van der Waals surface area contributed by atoms with Gasteiger partial charge in [-0.15, -0.1) is 0 Å². The Morgan fingerprint density at radius 2 is 2.21 bits per heavy atom. The van der Waals surface area contributed by atoms with Gasteiger partial charge in [-0.05, 0) is 59.2 Å². The van der Waals surface area contributed by atoms with Gasteiger partial charge in [-0.2, -0.15) is 11.8 Å². The summed E-state index contributed by atoms with van der Waals surface area (Å²) < 4.78 is 0.791. The van der Waals surface area contributed by atoms with E-state index in [4.69, 9.17) is 10.8 Å². The molecule has 1 aromatic carbocycles. The average molecular weight is 394 g/mol. The van der Waals surface area contributed by atoms with Crippen molar-refractivity contribution in [3.63, 3.8) is 0 Å². The Morgan fingerprint density at radius 1 is 1.53 bits per heavy atom. The molecule has 0 aliphatic rings. The second-order valence-electron chi connectivity index (χ2n) is 3.87. The van der Waals surface area contributed by atoms with Crippen LogP contribution in [-0.2, 0) is 4.79 Å². The lowest BCUT2D eigenvalue weighted by atomic mass is 10.1. The Bertz CT molecular complexity index is 482. The van der Waals surface area contributed by atoms with Crippen LogP contribution in [0.5, 0.6) is 0 Å². The number of carboxylic acids is 1. The molecule has 5 nitrogen and oxygen atoms in total. The summed E-state index contributed by atoms with van der Waals surface area (Å²) in [6.45, 7) is 0. The maximum absolute atomic E-state index is 11.8. The number of nitrogens with two attached hydrogens (primary N) is 1. The Hall–Kier alpha value is -0.800. The number of halogens is 1. The second-order valence-corrected chi connectivity index (χ2v) is 6.10. The normalized spacial score (nSPS) is 11.9. The lowest BCUT2D eigenvalue weighted by Gasteiger charge is -2.13. The molecule has 1 amide bonds. The molecule has 1 rings (SSSR count). The van der Waals surface area contributed by atoms with Crippen LogP contribution in [0.4, 0.5) is 5.69 Å². The summed E-state index contributed by atoms with van der Waals surface area (Å²) in [5.41, 5.74) is 6.08. The molecule has 19 heavy (non-hydrogen) atoms. The first-order valence-corrected chi connectivity index (χ1v) is 8.01. The van der Waals surface area contributed by atoms with Crippen LogP contribution in [0.15, 0.2) is 18.2 Å². The third-order valence-electron chi connectivity index (χ3n) is 2.44. The Morgan fingerprint density at radius 3 is 2.79 bits per heavy atom. The third-order valence-corrected chi connectivity index (χ3v) is 3.75. The van der Waals surface area contributed by atoms with Gasteiger partial charge in [-0.3, -0.25) is 4.79 Å². The molecule has 0 saturated carbocycles. The van der Waals surface area contributed by atoms with Crippen molar-refractivity contribution >= 4 is 51.9 Å². The number of hydrogen-bond acceptors (Lipinski definition) is 4. The van der Waals surface area contributed by atoms with E-state index in [2.05, 4.69) is 5.32 Å². The van der Waals surface area contributed by atoms with Crippen molar-refractivity contribution in [2.75, 3.05) is 17.3 Å². The largest absolute Gasteiger partial charge is 0.478 e. The van der Waals surface area contributed by atoms with Crippen molar-refractivity contribution in [2.45, 2.75) is 12.5 Å². The highest BCUT2D eigenvalue weighted by molar-refractivity contribution is 14.1. The molecule has 0 spiro atoms. The van der Waals surface area contributed by atoms with Crippen LogP contribution < -0.4 is 11.1 Å². The molecular formula is C12H15IN2O3S.